The van der Waals surface area contributed by atoms with Gasteiger partial charge in [-0.3, -0.25) is 4.79 Å². The first-order chi connectivity index (χ1) is 14.0. The Bertz CT molecular complexity index is 925. The maximum Gasteiger partial charge on any atom is 0.410 e. The second-order valence-electron chi connectivity index (χ2n) is 9.05. The van der Waals surface area contributed by atoms with E-state index in [1.165, 1.54) is 5.56 Å². The van der Waals surface area contributed by atoms with Crippen molar-refractivity contribution in [2.24, 2.45) is 5.92 Å². The van der Waals surface area contributed by atoms with Crippen LogP contribution in [0.25, 0.3) is 5.69 Å². The zero-order chi connectivity index (χ0) is 22.1. The number of aromatic nitrogens is 2. The van der Waals surface area contributed by atoms with Gasteiger partial charge in [-0.2, -0.15) is 5.10 Å². The minimum absolute atomic E-state index is 0.0853. The fourth-order valence-electron chi connectivity index (χ4n) is 3.67. The molecule has 1 saturated heterocycles. The molecular weight excluding hydrogens is 380 g/mol. The first-order valence-electron chi connectivity index (χ1n) is 10.5. The standard InChI is InChI=1S/C23H32N4O3/c1-15-9-11-19(12-10-15)27-17(3)20(16(2)25-27)24-21(28)18-8-7-13-26(14-18)22(29)30-23(4,5)6/h9-12,18H,7-8,13-14H2,1-6H3,(H,24,28)/t18-/m0/s1. The minimum atomic E-state index is -0.551. The summed E-state index contributed by atoms with van der Waals surface area (Å²) in [6.45, 7) is 12.4. The van der Waals surface area contributed by atoms with Gasteiger partial charge in [0.15, 0.2) is 0 Å². The molecule has 1 fully saturated rings. The van der Waals surface area contributed by atoms with Gasteiger partial charge < -0.3 is 15.0 Å². The molecule has 7 heteroatoms. The van der Waals surface area contributed by atoms with Gasteiger partial charge in [0.05, 0.1) is 28.7 Å². The summed E-state index contributed by atoms with van der Waals surface area (Å²) in [5.41, 5.74) is 3.96. The molecule has 162 valence electrons. The number of nitrogens with zero attached hydrogens (tertiary/aromatic N) is 3. The Kier molecular flexibility index (Phi) is 6.19. The van der Waals surface area contributed by atoms with Crippen LogP contribution in [-0.4, -0.2) is 45.4 Å². The number of carbonyl (C=O) groups excluding carboxylic acids is 2. The maximum atomic E-state index is 13.0. The van der Waals surface area contributed by atoms with Gasteiger partial charge >= 0.3 is 6.09 Å². The number of likely N-dealkylation sites (tertiary alicyclic amines) is 1. The number of anilines is 1. The van der Waals surface area contributed by atoms with E-state index < -0.39 is 5.60 Å². The van der Waals surface area contributed by atoms with Gasteiger partial charge in [-0.15, -0.1) is 0 Å². The molecule has 1 aromatic heterocycles. The lowest BCUT2D eigenvalue weighted by atomic mass is 9.97. The van der Waals surface area contributed by atoms with Crippen molar-refractivity contribution in [1.29, 1.82) is 0 Å². The van der Waals surface area contributed by atoms with Gasteiger partial charge in [0, 0.05) is 13.1 Å². The molecule has 2 amide bonds. The van der Waals surface area contributed by atoms with Crippen molar-refractivity contribution >= 4 is 17.7 Å². The SMILES string of the molecule is Cc1ccc(-n2nc(C)c(NC(=O)[C@H]3CCCN(C(=O)OC(C)(C)C)C3)c2C)cc1. The first-order valence-corrected chi connectivity index (χ1v) is 10.5. The topological polar surface area (TPSA) is 76.5 Å². The monoisotopic (exact) mass is 412 g/mol. The van der Waals surface area contributed by atoms with Gasteiger partial charge in [0.25, 0.3) is 0 Å². The third-order valence-corrected chi connectivity index (χ3v) is 5.26. The fourth-order valence-corrected chi connectivity index (χ4v) is 3.67. The molecule has 1 aromatic carbocycles. The molecule has 3 rings (SSSR count). The first kappa shape index (κ1) is 21.9. The van der Waals surface area contributed by atoms with Gasteiger partial charge in [-0.25, -0.2) is 9.48 Å². The van der Waals surface area contributed by atoms with E-state index in [0.29, 0.717) is 13.1 Å². The van der Waals surface area contributed by atoms with Crippen LogP contribution >= 0.6 is 0 Å². The number of aryl methyl sites for hydroxylation is 2. The van der Waals surface area contributed by atoms with Gasteiger partial charge in [-0.1, -0.05) is 17.7 Å². The average molecular weight is 413 g/mol. The highest BCUT2D eigenvalue weighted by Crippen LogP contribution is 2.26. The highest BCUT2D eigenvalue weighted by Gasteiger charge is 2.31. The van der Waals surface area contributed by atoms with E-state index in [4.69, 9.17) is 4.74 Å². The van der Waals surface area contributed by atoms with Crippen LogP contribution in [0.15, 0.2) is 24.3 Å². The molecule has 0 spiro atoms. The molecule has 30 heavy (non-hydrogen) atoms. The van der Waals surface area contributed by atoms with Crippen LogP contribution < -0.4 is 5.32 Å². The zero-order valence-corrected chi connectivity index (χ0v) is 18.8. The Morgan fingerprint density at radius 3 is 2.43 bits per heavy atom. The van der Waals surface area contributed by atoms with Crippen LogP contribution in [0.2, 0.25) is 0 Å². The number of hydrogen-bond donors (Lipinski definition) is 1. The summed E-state index contributed by atoms with van der Waals surface area (Å²) in [7, 11) is 0. The fraction of sp³-hybridized carbons (Fsp3) is 0.522. The molecule has 2 aromatic rings. The lowest BCUT2D eigenvalue weighted by Gasteiger charge is -2.33. The van der Waals surface area contributed by atoms with Crippen molar-refractivity contribution < 1.29 is 14.3 Å². The summed E-state index contributed by atoms with van der Waals surface area (Å²) in [5.74, 6) is -0.356. The molecule has 1 aliphatic heterocycles. The molecule has 1 N–H and O–H groups in total. The Labute approximate surface area is 178 Å². The van der Waals surface area contributed by atoms with Crippen molar-refractivity contribution in [1.82, 2.24) is 14.7 Å². The Morgan fingerprint density at radius 1 is 1.13 bits per heavy atom. The molecule has 0 saturated carbocycles. The molecule has 1 aliphatic rings. The van der Waals surface area contributed by atoms with E-state index in [1.807, 2.05) is 70.5 Å². The smallest absolute Gasteiger partial charge is 0.410 e. The normalized spacial score (nSPS) is 17.0. The van der Waals surface area contributed by atoms with Crippen molar-refractivity contribution in [2.45, 2.75) is 60.0 Å². The van der Waals surface area contributed by atoms with Crippen molar-refractivity contribution in [3.05, 3.63) is 41.2 Å². The van der Waals surface area contributed by atoms with E-state index in [2.05, 4.69) is 10.4 Å². The van der Waals surface area contributed by atoms with Crippen molar-refractivity contribution in [2.75, 3.05) is 18.4 Å². The van der Waals surface area contributed by atoms with Crippen molar-refractivity contribution in [3.8, 4) is 5.69 Å². The molecule has 2 heterocycles. The molecule has 0 unspecified atom stereocenters. The number of ether oxygens (including phenoxy) is 1. The van der Waals surface area contributed by atoms with Crippen LogP contribution in [0.5, 0.6) is 0 Å². The predicted molar refractivity (Wildman–Crippen MR) is 117 cm³/mol. The summed E-state index contributed by atoms with van der Waals surface area (Å²) in [6.07, 6.45) is 1.16. The summed E-state index contributed by atoms with van der Waals surface area (Å²) >= 11 is 0. The van der Waals surface area contributed by atoms with Crippen molar-refractivity contribution in [3.63, 3.8) is 0 Å². The third kappa shape index (κ3) is 5.01. The average Bonchev–Trinajstić information content (AvgIpc) is 2.95. The van der Waals surface area contributed by atoms with Crippen LogP contribution in [0.1, 0.15) is 50.6 Å². The van der Waals surface area contributed by atoms with Crippen LogP contribution in [-0.2, 0) is 9.53 Å². The second kappa shape index (κ2) is 8.50. The highest BCUT2D eigenvalue weighted by atomic mass is 16.6. The molecule has 0 bridgehead atoms. The highest BCUT2D eigenvalue weighted by molar-refractivity contribution is 5.94. The van der Waals surface area contributed by atoms with Crippen LogP contribution in [0.4, 0.5) is 10.5 Å². The van der Waals surface area contributed by atoms with Crippen LogP contribution in [0, 0.1) is 26.7 Å². The largest absolute Gasteiger partial charge is 0.444 e. The second-order valence-corrected chi connectivity index (χ2v) is 9.05. The lowest BCUT2D eigenvalue weighted by Crippen LogP contribution is -2.45. The number of hydrogen-bond acceptors (Lipinski definition) is 4. The Balaban J connectivity index is 1.71. The quantitative estimate of drug-likeness (QED) is 0.811. The van der Waals surface area contributed by atoms with Gasteiger partial charge in [0.2, 0.25) is 5.91 Å². The minimum Gasteiger partial charge on any atom is -0.444 e. The van der Waals surface area contributed by atoms with E-state index in [-0.39, 0.29) is 17.9 Å². The predicted octanol–water partition coefficient (Wildman–Crippen LogP) is 4.38. The van der Waals surface area contributed by atoms with Gasteiger partial charge in [0.1, 0.15) is 5.60 Å². The third-order valence-electron chi connectivity index (χ3n) is 5.26. The van der Waals surface area contributed by atoms with Gasteiger partial charge in [-0.05, 0) is 66.5 Å². The number of nitrogens with one attached hydrogen (secondary N) is 1. The summed E-state index contributed by atoms with van der Waals surface area (Å²) in [6, 6.07) is 8.11. The molecule has 7 nitrogen and oxygen atoms in total. The van der Waals surface area contributed by atoms with Crippen LogP contribution in [0.3, 0.4) is 0 Å². The van der Waals surface area contributed by atoms with E-state index in [1.54, 1.807) is 4.90 Å². The van der Waals surface area contributed by atoms with E-state index >= 15 is 0 Å². The maximum absolute atomic E-state index is 13.0. The molecular formula is C23H32N4O3. The van der Waals surface area contributed by atoms with E-state index in [0.717, 1.165) is 35.6 Å². The Morgan fingerprint density at radius 2 is 1.80 bits per heavy atom. The molecule has 0 aliphatic carbocycles. The molecule has 0 radical (unpaired) electrons. The summed E-state index contributed by atoms with van der Waals surface area (Å²) < 4.78 is 7.31. The van der Waals surface area contributed by atoms with E-state index in [9.17, 15) is 9.59 Å². The summed E-state index contributed by atoms with van der Waals surface area (Å²) in [5, 5.41) is 7.67. The summed E-state index contributed by atoms with van der Waals surface area (Å²) in [4.78, 5) is 27.0. The molecule has 1 atom stereocenters. The number of benzene rings is 1. The number of amides is 2. The Hall–Kier alpha value is -2.83. The lowest BCUT2D eigenvalue weighted by molar-refractivity contribution is -0.121. The number of piperidine rings is 1. The number of carbonyl (C=O) groups is 2. The number of rotatable bonds is 3. The zero-order valence-electron chi connectivity index (χ0n) is 18.8.